The minimum Gasteiger partial charge on any atom is -0.385 e. The van der Waals surface area contributed by atoms with E-state index in [2.05, 4.69) is 5.32 Å². The first-order chi connectivity index (χ1) is 10.6. The lowest BCUT2D eigenvalue weighted by Gasteiger charge is -2.21. The van der Waals surface area contributed by atoms with Crippen LogP contribution in [-0.4, -0.2) is 13.7 Å². The Kier molecular flexibility index (Phi) is 5.76. The Morgan fingerprint density at radius 1 is 1.27 bits per heavy atom. The van der Waals surface area contributed by atoms with Gasteiger partial charge in [0.05, 0.1) is 23.4 Å². The van der Waals surface area contributed by atoms with Crippen LogP contribution in [0.3, 0.4) is 0 Å². The van der Waals surface area contributed by atoms with Crippen LogP contribution >= 0.6 is 11.6 Å². The third kappa shape index (κ3) is 4.20. The van der Waals surface area contributed by atoms with Crippen molar-refractivity contribution >= 4 is 17.3 Å². The highest BCUT2D eigenvalue weighted by atomic mass is 35.5. The van der Waals surface area contributed by atoms with E-state index in [0.29, 0.717) is 29.3 Å². The van der Waals surface area contributed by atoms with E-state index in [4.69, 9.17) is 21.6 Å². The van der Waals surface area contributed by atoms with E-state index in [0.717, 1.165) is 5.56 Å². The number of rotatable bonds is 6. The van der Waals surface area contributed by atoms with Gasteiger partial charge < -0.3 is 10.1 Å². The highest BCUT2D eigenvalue weighted by Gasteiger charge is 2.14. The summed E-state index contributed by atoms with van der Waals surface area (Å²) in [6, 6.07) is 13.6. The summed E-state index contributed by atoms with van der Waals surface area (Å²) in [6.45, 7) is 0.540. The second kappa shape index (κ2) is 7.79. The van der Waals surface area contributed by atoms with Crippen LogP contribution in [0.15, 0.2) is 42.5 Å². The van der Waals surface area contributed by atoms with Crippen LogP contribution < -0.4 is 5.32 Å². The molecule has 0 aliphatic rings. The van der Waals surface area contributed by atoms with Crippen LogP contribution in [-0.2, 0) is 4.74 Å². The predicted molar refractivity (Wildman–Crippen MR) is 85.4 cm³/mol. The van der Waals surface area contributed by atoms with E-state index in [-0.39, 0.29) is 6.04 Å². The number of halogens is 2. The molecule has 0 aromatic heterocycles. The van der Waals surface area contributed by atoms with Crippen LogP contribution in [0.5, 0.6) is 0 Å². The molecular formula is C17H16ClFN2O. The summed E-state index contributed by atoms with van der Waals surface area (Å²) in [7, 11) is 1.63. The maximum atomic E-state index is 14.0. The molecule has 0 aliphatic heterocycles. The van der Waals surface area contributed by atoms with E-state index in [9.17, 15) is 4.39 Å². The van der Waals surface area contributed by atoms with Crippen molar-refractivity contribution in [1.29, 1.82) is 5.26 Å². The van der Waals surface area contributed by atoms with Crippen LogP contribution in [0, 0.1) is 17.1 Å². The van der Waals surface area contributed by atoms with E-state index in [1.54, 1.807) is 31.4 Å². The first-order valence-corrected chi connectivity index (χ1v) is 7.22. The second-order valence-electron chi connectivity index (χ2n) is 4.84. The Balaban J connectivity index is 2.23. The smallest absolute Gasteiger partial charge is 0.147 e. The highest BCUT2D eigenvalue weighted by Crippen LogP contribution is 2.26. The van der Waals surface area contributed by atoms with Crippen molar-refractivity contribution < 1.29 is 9.13 Å². The largest absolute Gasteiger partial charge is 0.385 e. The molecule has 0 spiro atoms. The van der Waals surface area contributed by atoms with Gasteiger partial charge in [-0.2, -0.15) is 5.26 Å². The molecule has 1 N–H and O–H groups in total. The average Bonchev–Trinajstić information content (AvgIpc) is 2.53. The molecule has 1 unspecified atom stereocenters. The third-order valence-electron chi connectivity index (χ3n) is 3.31. The van der Waals surface area contributed by atoms with Gasteiger partial charge in [0.15, 0.2) is 0 Å². The standard InChI is InChI=1S/C17H16ClFN2O/c1-22-9-8-16(13-3-5-14(18)6-4-13)21-17-7-2-12(11-20)10-15(17)19/h2-7,10,16,21H,8-9H2,1H3. The van der Waals surface area contributed by atoms with E-state index >= 15 is 0 Å². The molecule has 3 nitrogen and oxygen atoms in total. The molecule has 0 bridgehead atoms. The molecule has 114 valence electrons. The Bertz CT molecular complexity index is 667. The van der Waals surface area contributed by atoms with Crippen molar-refractivity contribution in [2.75, 3.05) is 19.0 Å². The fraction of sp³-hybridized carbons (Fsp3) is 0.235. The lowest BCUT2D eigenvalue weighted by Crippen LogP contribution is -2.14. The number of anilines is 1. The summed E-state index contributed by atoms with van der Waals surface area (Å²) in [5, 5.41) is 12.6. The highest BCUT2D eigenvalue weighted by molar-refractivity contribution is 6.30. The number of hydrogen-bond donors (Lipinski definition) is 1. The lowest BCUT2D eigenvalue weighted by molar-refractivity contribution is 0.190. The zero-order valence-corrected chi connectivity index (χ0v) is 12.9. The van der Waals surface area contributed by atoms with Gasteiger partial charge in [-0.05, 0) is 42.3 Å². The monoisotopic (exact) mass is 318 g/mol. The molecule has 5 heteroatoms. The zero-order chi connectivity index (χ0) is 15.9. The first kappa shape index (κ1) is 16.3. The van der Waals surface area contributed by atoms with Gasteiger partial charge in [0, 0.05) is 18.7 Å². The molecule has 0 heterocycles. The van der Waals surface area contributed by atoms with E-state index in [1.165, 1.54) is 6.07 Å². The van der Waals surface area contributed by atoms with Gasteiger partial charge in [0.2, 0.25) is 0 Å². The zero-order valence-electron chi connectivity index (χ0n) is 12.1. The fourth-order valence-corrected chi connectivity index (χ4v) is 2.27. The molecule has 22 heavy (non-hydrogen) atoms. The van der Waals surface area contributed by atoms with Gasteiger partial charge in [-0.1, -0.05) is 23.7 Å². The normalized spacial score (nSPS) is 11.7. The number of nitriles is 1. The van der Waals surface area contributed by atoms with E-state index < -0.39 is 5.82 Å². The van der Waals surface area contributed by atoms with Crippen LogP contribution in [0.4, 0.5) is 10.1 Å². The van der Waals surface area contributed by atoms with E-state index in [1.807, 2.05) is 18.2 Å². The minimum atomic E-state index is -0.449. The van der Waals surface area contributed by atoms with Gasteiger partial charge in [0.25, 0.3) is 0 Å². The maximum absolute atomic E-state index is 14.0. The summed E-state index contributed by atoms with van der Waals surface area (Å²) in [6.07, 6.45) is 0.678. The van der Waals surface area contributed by atoms with Crippen LogP contribution in [0.25, 0.3) is 0 Å². The molecule has 1 atom stereocenters. The predicted octanol–water partition coefficient (Wildman–Crippen LogP) is 4.54. The molecular weight excluding hydrogens is 303 g/mol. The topological polar surface area (TPSA) is 45.0 Å². The second-order valence-corrected chi connectivity index (χ2v) is 5.27. The molecule has 2 rings (SSSR count). The lowest BCUT2D eigenvalue weighted by atomic mass is 10.0. The number of nitrogens with one attached hydrogen (secondary N) is 1. The maximum Gasteiger partial charge on any atom is 0.147 e. The minimum absolute atomic E-state index is 0.111. The van der Waals surface area contributed by atoms with Gasteiger partial charge in [-0.25, -0.2) is 4.39 Å². The number of benzene rings is 2. The summed E-state index contributed by atoms with van der Waals surface area (Å²) in [5.74, 6) is -0.449. The molecule has 2 aromatic rings. The summed E-state index contributed by atoms with van der Waals surface area (Å²) < 4.78 is 19.2. The fourth-order valence-electron chi connectivity index (χ4n) is 2.14. The SMILES string of the molecule is COCCC(Nc1ccc(C#N)cc1F)c1ccc(Cl)cc1. The van der Waals surface area contributed by atoms with Gasteiger partial charge in [-0.3, -0.25) is 0 Å². The Labute approximate surface area is 134 Å². The number of nitrogens with zero attached hydrogens (tertiary/aromatic N) is 1. The molecule has 0 amide bonds. The summed E-state index contributed by atoms with van der Waals surface area (Å²) in [4.78, 5) is 0. The summed E-state index contributed by atoms with van der Waals surface area (Å²) >= 11 is 5.90. The first-order valence-electron chi connectivity index (χ1n) is 6.84. The summed E-state index contributed by atoms with van der Waals surface area (Å²) in [5.41, 5.74) is 1.64. The molecule has 0 saturated heterocycles. The van der Waals surface area contributed by atoms with Crippen molar-refractivity contribution in [2.24, 2.45) is 0 Å². The molecule has 0 radical (unpaired) electrons. The van der Waals surface area contributed by atoms with Gasteiger partial charge >= 0.3 is 0 Å². The Morgan fingerprint density at radius 3 is 2.59 bits per heavy atom. The van der Waals surface area contributed by atoms with Gasteiger partial charge in [0.1, 0.15) is 5.82 Å². The van der Waals surface area contributed by atoms with Crippen molar-refractivity contribution in [3.05, 3.63) is 64.4 Å². The van der Waals surface area contributed by atoms with Crippen molar-refractivity contribution in [2.45, 2.75) is 12.5 Å². The number of hydrogen-bond acceptors (Lipinski definition) is 3. The quantitative estimate of drug-likeness (QED) is 0.850. The molecule has 2 aromatic carbocycles. The van der Waals surface area contributed by atoms with Crippen molar-refractivity contribution in [3.8, 4) is 6.07 Å². The molecule has 0 fully saturated rings. The average molecular weight is 319 g/mol. The van der Waals surface area contributed by atoms with Crippen LogP contribution in [0.1, 0.15) is 23.6 Å². The number of ether oxygens (including phenoxy) is 1. The Hall–Kier alpha value is -2.09. The van der Waals surface area contributed by atoms with Crippen molar-refractivity contribution in [1.82, 2.24) is 0 Å². The molecule has 0 saturated carbocycles. The molecule has 0 aliphatic carbocycles. The Morgan fingerprint density at radius 2 is 2.00 bits per heavy atom. The van der Waals surface area contributed by atoms with Crippen LogP contribution in [0.2, 0.25) is 5.02 Å². The number of methoxy groups -OCH3 is 1. The van der Waals surface area contributed by atoms with Gasteiger partial charge in [-0.15, -0.1) is 0 Å². The third-order valence-corrected chi connectivity index (χ3v) is 3.56. The van der Waals surface area contributed by atoms with Crippen molar-refractivity contribution in [3.63, 3.8) is 0 Å².